The number of morpholine rings is 1. The Bertz CT molecular complexity index is 709. The molecule has 5 nitrogen and oxygen atoms in total. The van der Waals surface area contributed by atoms with E-state index in [2.05, 4.69) is 0 Å². The number of carbonyl (C=O) groups is 1. The lowest BCUT2D eigenvalue weighted by Gasteiger charge is -2.43. The molecule has 0 bridgehead atoms. The second kappa shape index (κ2) is 7.31. The molecule has 1 aliphatic carbocycles. The van der Waals surface area contributed by atoms with Crippen LogP contribution in [0.25, 0.3) is 0 Å². The minimum Gasteiger partial charge on any atom is -0.489 e. The molecule has 1 aliphatic heterocycles. The van der Waals surface area contributed by atoms with Crippen LogP contribution in [0.5, 0.6) is 5.75 Å². The van der Waals surface area contributed by atoms with Crippen molar-refractivity contribution in [2.45, 2.75) is 44.4 Å². The SMILES string of the molecule is O=C(c1occc1COc1ccccc1)N1CCO[C@H]2CCCC[C@H]21. The summed E-state index contributed by atoms with van der Waals surface area (Å²) in [5.74, 6) is 1.12. The van der Waals surface area contributed by atoms with Gasteiger partial charge >= 0.3 is 0 Å². The Morgan fingerprint density at radius 1 is 1.16 bits per heavy atom. The predicted molar refractivity (Wildman–Crippen MR) is 92.5 cm³/mol. The van der Waals surface area contributed by atoms with Gasteiger partial charge in [-0.3, -0.25) is 4.79 Å². The molecule has 25 heavy (non-hydrogen) atoms. The number of nitrogens with zero attached hydrogens (tertiary/aromatic N) is 1. The van der Waals surface area contributed by atoms with Gasteiger partial charge in [-0.05, 0) is 31.0 Å². The number of para-hydroxylation sites is 1. The summed E-state index contributed by atoms with van der Waals surface area (Å²) in [6, 6.07) is 11.6. The van der Waals surface area contributed by atoms with Crippen molar-refractivity contribution in [3.63, 3.8) is 0 Å². The van der Waals surface area contributed by atoms with Gasteiger partial charge in [-0.15, -0.1) is 0 Å². The number of furan rings is 1. The summed E-state index contributed by atoms with van der Waals surface area (Å²) < 4.78 is 17.2. The van der Waals surface area contributed by atoms with E-state index in [1.807, 2.05) is 41.3 Å². The van der Waals surface area contributed by atoms with E-state index in [-0.39, 0.29) is 18.1 Å². The highest BCUT2D eigenvalue weighted by atomic mass is 16.5. The Morgan fingerprint density at radius 2 is 2.00 bits per heavy atom. The van der Waals surface area contributed by atoms with Crippen molar-refractivity contribution in [2.75, 3.05) is 13.2 Å². The van der Waals surface area contributed by atoms with Crippen LogP contribution in [0.15, 0.2) is 47.1 Å². The third-order valence-corrected chi connectivity index (χ3v) is 5.07. The van der Waals surface area contributed by atoms with Crippen LogP contribution in [0.2, 0.25) is 0 Å². The molecule has 1 saturated heterocycles. The number of amides is 1. The molecule has 2 aliphatic rings. The van der Waals surface area contributed by atoms with Crippen LogP contribution in [0, 0.1) is 0 Å². The topological polar surface area (TPSA) is 51.9 Å². The highest BCUT2D eigenvalue weighted by molar-refractivity contribution is 5.93. The highest BCUT2D eigenvalue weighted by Crippen LogP contribution is 2.30. The molecule has 0 spiro atoms. The molecule has 2 fully saturated rings. The van der Waals surface area contributed by atoms with E-state index in [0.717, 1.165) is 30.6 Å². The maximum Gasteiger partial charge on any atom is 0.290 e. The number of rotatable bonds is 4. The third kappa shape index (κ3) is 3.42. The molecule has 0 N–H and O–H groups in total. The van der Waals surface area contributed by atoms with Gasteiger partial charge in [0.15, 0.2) is 5.76 Å². The van der Waals surface area contributed by atoms with Crippen molar-refractivity contribution in [3.05, 3.63) is 54.0 Å². The van der Waals surface area contributed by atoms with Gasteiger partial charge in [0.05, 0.1) is 25.0 Å². The van der Waals surface area contributed by atoms with Crippen LogP contribution >= 0.6 is 0 Å². The fraction of sp³-hybridized carbons (Fsp3) is 0.450. The number of hydrogen-bond donors (Lipinski definition) is 0. The van der Waals surface area contributed by atoms with Gasteiger partial charge in [0.25, 0.3) is 5.91 Å². The maximum atomic E-state index is 13.1. The lowest BCUT2D eigenvalue weighted by atomic mass is 9.90. The number of fused-ring (bicyclic) bond motifs is 1. The second-order valence-electron chi connectivity index (χ2n) is 6.64. The van der Waals surface area contributed by atoms with Crippen LogP contribution in [0.1, 0.15) is 41.8 Å². The number of benzene rings is 1. The normalized spacial score (nSPS) is 23.1. The second-order valence-corrected chi connectivity index (χ2v) is 6.64. The molecule has 1 aromatic heterocycles. The molecule has 1 aromatic carbocycles. The summed E-state index contributed by atoms with van der Waals surface area (Å²) in [7, 11) is 0. The van der Waals surface area contributed by atoms with E-state index in [1.54, 1.807) is 6.26 Å². The first-order valence-corrected chi connectivity index (χ1v) is 9.00. The smallest absolute Gasteiger partial charge is 0.290 e. The molecule has 132 valence electrons. The van der Waals surface area contributed by atoms with Gasteiger partial charge in [0.2, 0.25) is 0 Å². The van der Waals surface area contributed by atoms with Gasteiger partial charge in [-0.2, -0.15) is 0 Å². The van der Waals surface area contributed by atoms with Crippen molar-refractivity contribution in [3.8, 4) is 5.75 Å². The molecule has 5 heteroatoms. The summed E-state index contributed by atoms with van der Waals surface area (Å²) in [6.45, 7) is 1.54. The molecule has 2 aromatic rings. The summed E-state index contributed by atoms with van der Waals surface area (Å²) in [5.41, 5.74) is 0.785. The molecular formula is C20H23NO4. The van der Waals surface area contributed by atoms with Crippen LogP contribution in [-0.4, -0.2) is 36.1 Å². The summed E-state index contributed by atoms with van der Waals surface area (Å²) in [4.78, 5) is 15.0. The van der Waals surface area contributed by atoms with Crippen LogP contribution in [0.4, 0.5) is 0 Å². The Hall–Kier alpha value is -2.27. The van der Waals surface area contributed by atoms with E-state index in [0.29, 0.717) is 25.5 Å². The third-order valence-electron chi connectivity index (χ3n) is 5.07. The fourth-order valence-electron chi connectivity index (χ4n) is 3.79. The Labute approximate surface area is 147 Å². The van der Waals surface area contributed by atoms with Gasteiger partial charge < -0.3 is 18.8 Å². The number of hydrogen-bond acceptors (Lipinski definition) is 4. The van der Waals surface area contributed by atoms with Crippen LogP contribution in [0.3, 0.4) is 0 Å². The molecule has 2 heterocycles. The van der Waals surface area contributed by atoms with Gasteiger partial charge in [0, 0.05) is 12.1 Å². The van der Waals surface area contributed by atoms with Gasteiger partial charge in [-0.1, -0.05) is 31.0 Å². The molecule has 4 rings (SSSR count). The van der Waals surface area contributed by atoms with Crippen LogP contribution < -0.4 is 4.74 Å². The van der Waals surface area contributed by atoms with Crippen molar-refractivity contribution in [1.82, 2.24) is 4.90 Å². The standard InChI is InChI=1S/C20H23NO4/c22-20(21-11-13-23-18-9-5-4-8-17(18)21)19-15(10-12-24-19)14-25-16-6-2-1-3-7-16/h1-3,6-7,10,12,17-18H,4-5,8-9,11,13-14H2/t17-,18+/m1/s1. The monoisotopic (exact) mass is 341 g/mol. The van der Waals surface area contributed by atoms with Gasteiger partial charge in [0.1, 0.15) is 12.4 Å². The Kier molecular flexibility index (Phi) is 4.74. The molecule has 0 unspecified atom stereocenters. The van der Waals surface area contributed by atoms with Crippen molar-refractivity contribution < 1.29 is 18.7 Å². The first kappa shape index (κ1) is 16.2. The molecular weight excluding hydrogens is 318 g/mol. The Balaban J connectivity index is 1.48. The number of ether oxygens (including phenoxy) is 2. The first-order chi connectivity index (χ1) is 12.3. The summed E-state index contributed by atoms with van der Waals surface area (Å²) in [5, 5.41) is 0. The first-order valence-electron chi connectivity index (χ1n) is 9.00. The highest BCUT2D eigenvalue weighted by Gasteiger charge is 2.38. The molecule has 1 amide bonds. The average molecular weight is 341 g/mol. The zero-order chi connectivity index (χ0) is 17.1. The van der Waals surface area contributed by atoms with E-state index >= 15 is 0 Å². The maximum absolute atomic E-state index is 13.1. The zero-order valence-electron chi connectivity index (χ0n) is 14.2. The van der Waals surface area contributed by atoms with Crippen molar-refractivity contribution in [2.24, 2.45) is 0 Å². The molecule has 0 radical (unpaired) electrons. The average Bonchev–Trinajstić information content (AvgIpc) is 3.15. The summed E-state index contributed by atoms with van der Waals surface area (Å²) >= 11 is 0. The largest absolute Gasteiger partial charge is 0.489 e. The number of carbonyl (C=O) groups excluding carboxylic acids is 1. The Morgan fingerprint density at radius 3 is 2.88 bits per heavy atom. The molecule has 1 saturated carbocycles. The predicted octanol–water partition coefficient (Wildman–Crippen LogP) is 3.64. The van der Waals surface area contributed by atoms with Crippen molar-refractivity contribution >= 4 is 5.91 Å². The lowest BCUT2D eigenvalue weighted by molar-refractivity contribution is -0.0760. The lowest BCUT2D eigenvalue weighted by Crippen LogP contribution is -2.54. The van der Waals surface area contributed by atoms with Crippen molar-refractivity contribution in [1.29, 1.82) is 0 Å². The summed E-state index contributed by atoms with van der Waals surface area (Å²) in [6.07, 6.45) is 6.11. The fourth-order valence-corrected chi connectivity index (χ4v) is 3.79. The minimum atomic E-state index is -0.0446. The zero-order valence-corrected chi connectivity index (χ0v) is 14.2. The van der Waals surface area contributed by atoms with E-state index in [1.165, 1.54) is 6.42 Å². The minimum absolute atomic E-state index is 0.0446. The van der Waals surface area contributed by atoms with Crippen LogP contribution in [-0.2, 0) is 11.3 Å². The quantitative estimate of drug-likeness (QED) is 0.852. The van der Waals surface area contributed by atoms with E-state index < -0.39 is 0 Å². The molecule has 2 atom stereocenters. The van der Waals surface area contributed by atoms with E-state index in [9.17, 15) is 4.79 Å². The van der Waals surface area contributed by atoms with Gasteiger partial charge in [-0.25, -0.2) is 0 Å². The van der Waals surface area contributed by atoms with E-state index in [4.69, 9.17) is 13.9 Å².